The van der Waals surface area contributed by atoms with E-state index < -0.39 is 0 Å². The van der Waals surface area contributed by atoms with E-state index in [9.17, 15) is 9.59 Å². The van der Waals surface area contributed by atoms with Crippen LogP contribution in [0, 0.1) is 17.9 Å². The Morgan fingerprint density at radius 2 is 1.70 bits per heavy atom. The first-order valence-corrected chi connectivity index (χ1v) is 17.2. The van der Waals surface area contributed by atoms with Crippen LogP contribution in [-0.4, -0.2) is 12.6 Å². The zero-order valence-electron chi connectivity index (χ0n) is 30.1. The molecule has 2 N–H and O–H groups in total. The number of unbranched alkanes of at least 4 members (excludes halogenated alkanes) is 3. The summed E-state index contributed by atoms with van der Waals surface area (Å²) in [6, 6.07) is 7.78. The largest absolute Gasteiger partial charge is 0.399 e. The summed E-state index contributed by atoms with van der Waals surface area (Å²) in [6.45, 7) is 17.7. The van der Waals surface area contributed by atoms with Crippen LogP contribution in [0.2, 0.25) is 0 Å². The highest BCUT2D eigenvalue weighted by Crippen LogP contribution is 2.21. The molecule has 0 aliphatic heterocycles. The monoisotopic (exact) mass is 638 g/mol. The van der Waals surface area contributed by atoms with Crippen molar-refractivity contribution in [3.05, 3.63) is 132 Å². The summed E-state index contributed by atoms with van der Waals surface area (Å²) in [5.74, 6) is 0.471. The molecule has 0 amide bonds. The van der Waals surface area contributed by atoms with Gasteiger partial charge in [0.05, 0.1) is 0 Å². The number of rotatable bonds is 12. The van der Waals surface area contributed by atoms with Crippen LogP contribution in [0.4, 0.5) is 5.69 Å². The highest BCUT2D eigenvalue weighted by atomic mass is 16.1. The van der Waals surface area contributed by atoms with Crippen molar-refractivity contribution in [3.63, 3.8) is 0 Å². The number of anilines is 1. The van der Waals surface area contributed by atoms with E-state index in [2.05, 4.69) is 69.7 Å². The van der Waals surface area contributed by atoms with Gasteiger partial charge in [-0.3, -0.25) is 0 Å². The Morgan fingerprint density at radius 3 is 2.15 bits per heavy atom. The van der Waals surface area contributed by atoms with Crippen molar-refractivity contribution < 1.29 is 11.0 Å². The lowest BCUT2D eigenvalue weighted by atomic mass is 9.90. The standard InChI is InChI=1S/C15H17N.C9H11.C8H12O.C6H8O.C6H14.H2/c1-3-5-13(6-4-2)7-8-14-9-11-15(16)12-10-14;1-3-5-7-9-8-6-4-2;1-7-4-2-3-5-8(7)6-9;7-5-6-3-1-2-4-6;1-3-5-6-4-2;/h3-12H,1,16H2,2H3;5-6H,1,4,7H2,2H3;4,6,8H,2-3,5H2,1H3;1,3,5-6H,2,4H2;3-6H2,1-2H3;1H/b6-4-,8-7+,13-5+;;;;;/t;;8-;6-;;/m..00../s1. The van der Waals surface area contributed by atoms with Gasteiger partial charge in [-0.15, -0.1) is 11.5 Å². The van der Waals surface area contributed by atoms with Gasteiger partial charge >= 0.3 is 0 Å². The smallest absolute Gasteiger partial charge is 0.127 e. The molecule has 2 atom stereocenters. The van der Waals surface area contributed by atoms with Crippen LogP contribution in [0.3, 0.4) is 0 Å². The van der Waals surface area contributed by atoms with E-state index in [4.69, 9.17) is 5.73 Å². The molecule has 0 bridgehead atoms. The summed E-state index contributed by atoms with van der Waals surface area (Å²) in [4.78, 5) is 20.3. The van der Waals surface area contributed by atoms with Crippen molar-refractivity contribution in [1.29, 1.82) is 0 Å². The van der Waals surface area contributed by atoms with Gasteiger partial charge in [0.25, 0.3) is 0 Å². The lowest BCUT2D eigenvalue weighted by Gasteiger charge is -2.14. The SMILES string of the molecule is C=C/C=C(\C=C/C)/C=C/c1ccc(N)cc1.C=C=CC[C]=C=CCC.CC1=CCCC[C@H]1C=O.CCCCCC.O=C[C@H]1C=CCC1.[HH]. The number of nitrogen functional groups attached to an aromatic ring is 1. The van der Waals surface area contributed by atoms with Crippen LogP contribution >= 0.6 is 0 Å². The molecule has 0 saturated carbocycles. The van der Waals surface area contributed by atoms with Crippen LogP contribution in [0.1, 0.15) is 112 Å². The molecular formula is C44H64NO2. The minimum Gasteiger partial charge on any atom is -0.399 e. The third-order valence-corrected chi connectivity index (χ3v) is 6.95. The van der Waals surface area contributed by atoms with E-state index in [-0.39, 0.29) is 13.3 Å². The average molecular weight is 639 g/mol. The Labute approximate surface area is 290 Å². The number of carbonyl (C=O) groups is 2. The van der Waals surface area contributed by atoms with Crippen molar-refractivity contribution >= 4 is 24.3 Å². The van der Waals surface area contributed by atoms with Crippen LogP contribution in [-0.2, 0) is 9.59 Å². The van der Waals surface area contributed by atoms with E-state index >= 15 is 0 Å². The second kappa shape index (κ2) is 34.7. The predicted molar refractivity (Wildman–Crippen MR) is 210 cm³/mol. The zero-order chi connectivity index (χ0) is 35.4. The molecule has 47 heavy (non-hydrogen) atoms. The van der Waals surface area contributed by atoms with Crippen LogP contribution in [0.15, 0.2) is 121 Å². The second-order valence-corrected chi connectivity index (χ2v) is 11.1. The summed E-state index contributed by atoms with van der Waals surface area (Å²) in [5.41, 5.74) is 15.5. The summed E-state index contributed by atoms with van der Waals surface area (Å²) in [7, 11) is 0. The third kappa shape index (κ3) is 29.0. The average Bonchev–Trinajstić information content (AvgIpc) is 3.63. The van der Waals surface area contributed by atoms with Gasteiger partial charge < -0.3 is 15.3 Å². The van der Waals surface area contributed by atoms with E-state index in [0.29, 0.717) is 0 Å². The minimum atomic E-state index is 0. The van der Waals surface area contributed by atoms with Crippen LogP contribution in [0.5, 0.6) is 0 Å². The number of allylic oxidation sites excluding steroid dienone is 12. The maximum Gasteiger partial charge on any atom is 0.127 e. The van der Waals surface area contributed by atoms with Gasteiger partial charge in [0.1, 0.15) is 12.6 Å². The van der Waals surface area contributed by atoms with E-state index in [1.54, 1.807) is 6.08 Å². The molecule has 257 valence electrons. The molecule has 0 aromatic heterocycles. The summed E-state index contributed by atoms with van der Waals surface area (Å²) < 4.78 is 0. The molecule has 3 rings (SSSR count). The molecule has 1 aromatic carbocycles. The number of hydrogen-bond acceptors (Lipinski definition) is 3. The highest BCUT2D eigenvalue weighted by molar-refractivity contribution is 5.59. The van der Waals surface area contributed by atoms with Gasteiger partial charge in [-0.1, -0.05) is 132 Å². The van der Waals surface area contributed by atoms with Gasteiger partial charge in [0, 0.05) is 31.4 Å². The van der Waals surface area contributed by atoms with Gasteiger partial charge in [0.2, 0.25) is 0 Å². The quantitative estimate of drug-likeness (QED) is 0.0619. The second-order valence-electron chi connectivity index (χ2n) is 11.1. The fourth-order valence-electron chi connectivity index (χ4n) is 4.14. The van der Waals surface area contributed by atoms with Gasteiger partial charge in [-0.05, 0) is 87.8 Å². The van der Waals surface area contributed by atoms with Crippen molar-refractivity contribution in [2.45, 2.75) is 105 Å². The van der Waals surface area contributed by atoms with E-state index in [1.165, 1.54) is 37.7 Å². The molecule has 1 aromatic rings. The van der Waals surface area contributed by atoms with E-state index in [1.807, 2.05) is 80.6 Å². The fraction of sp³-hybridized carbons (Fsp3) is 0.409. The molecule has 0 saturated heterocycles. The van der Waals surface area contributed by atoms with Gasteiger partial charge in [0.15, 0.2) is 0 Å². The van der Waals surface area contributed by atoms with Gasteiger partial charge in [-0.2, -0.15) is 0 Å². The summed E-state index contributed by atoms with van der Waals surface area (Å²) >= 11 is 0. The molecule has 0 spiro atoms. The number of benzene rings is 1. The first-order chi connectivity index (χ1) is 22.9. The van der Waals surface area contributed by atoms with Crippen LogP contribution in [0.25, 0.3) is 6.08 Å². The Hall–Kier alpha value is -4.16. The van der Waals surface area contributed by atoms with Crippen molar-refractivity contribution in [1.82, 2.24) is 0 Å². The molecule has 3 nitrogen and oxygen atoms in total. The Morgan fingerprint density at radius 1 is 1.00 bits per heavy atom. The minimum absolute atomic E-state index is 0. The Kier molecular flexibility index (Phi) is 33.2. The lowest BCUT2D eigenvalue weighted by molar-refractivity contribution is -0.110. The molecule has 0 unspecified atom stereocenters. The molecule has 0 fully saturated rings. The van der Waals surface area contributed by atoms with Crippen molar-refractivity contribution in [2.75, 3.05) is 5.73 Å². The number of aldehydes is 2. The molecular weight excluding hydrogens is 574 g/mol. The molecule has 2 aliphatic rings. The topological polar surface area (TPSA) is 60.2 Å². The maximum atomic E-state index is 10.3. The normalized spacial score (nSPS) is 16.1. The number of carbonyl (C=O) groups excluding carboxylic acids is 2. The Bertz CT molecular complexity index is 1210. The first-order valence-electron chi connectivity index (χ1n) is 17.2. The first kappa shape index (κ1) is 45.0. The van der Waals surface area contributed by atoms with Gasteiger partial charge in [-0.25, -0.2) is 0 Å². The summed E-state index contributed by atoms with van der Waals surface area (Å²) in [5, 5.41) is 0. The lowest BCUT2D eigenvalue weighted by Crippen LogP contribution is -2.06. The molecule has 3 heteroatoms. The molecule has 2 aliphatic carbocycles. The van der Waals surface area contributed by atoms with Crippen molar-refractivity contribution in [3.8, 4) is 0 Å². The Balaban J connectivity index is -0.000000552. The predicted octanol–water partition coefficient (Wildman–Crippen LogP) is 12.5. The number of nitrogens with two attached hydrogens (primary N) is 1. The van der Waals surface area contributed by atoms with E-state index in [0.717, 1.165) is 67.9 Å². The molecule has 0 heterocycles. The zero-order valence-corrected chi connectivity index (χ0v) is 30.1. The fourth-order valence-corrected chi connectivity index (χ4v) is 4.14. The summed E-state index contributed by atoms with van der Waals surface area (Å²) in [6.07, 6.45) is 39.7. The van der Waals surface area contributed by atoms with Crippen molar-refractivity contribution in [2.24, 2.45) is 11.8 Å². The maximum absolute atomic E-state index is 10.3. The third-order valence-electron chi connectivity index (χ3n) is 6.95. The molecule has 1 radical (unpaired) electrons. The number of hydrogen-bond donors (Lipinski definition) is 1. The van der Waals surface area contributed by atoms with Crippen LogP contribution < -0.4 is 5.73 Å². The highest BCUT2D eigenvalue weighted by Gasteiger charge is 2.11.